The van der Waals surface area contributed by atoms with Crippen LogP contribution in [0.4, 0.5) is 0 Å². The van der Waals surface area contributed by atoms with Crippen molar-refractivity contribution in [3.63, 3.8) is 0 Å². The molecule has 16 heavy (non-hydrogen) atoms. The Labute approximate surface area is 94.1 Å². The number of ether oxygens (including phenoxy) is 1. The van der Waals surface area contributed by atoms with E-state index in [1.165, 1.54) is 5.01 Å². The minimum atomic E-state index is -0.400. The van der Waals surface area contributed by atoms with Crippen molar-refractivity contribution in [1.29, 1.82) is 0 Å². The first kappa shape index (κ1) is 12.5. The molecule has 1 aliphatic heterocycles. The molecule has 7 nitrogen and oxygen atoms in total. The molecule has 0 aromatic carbocycles. The second-order valence-electron chi connectivity index (χ2n) is 3.38. The third-order valence-electron chi connectivity index (χ3n) is 2.37. The summed E-state index contributed by atoms with van der Waals surface area (Å²) in [4.78, 5) is 15.8. The molecule has 0 fully saturated rings. The van der Waals surface area contributed by atoms with Crippen LogP contribution in [0, 0.1) is 0 Å². The van der Waals surface area contributed by atoms with Crippen molar-refractivity contribution in [2.75, 3.05) is 6.61 Å². The molecule has 0 spiro atoms. The first-order valence-corrected chi connectivity index (χ1v) is 5.00. The molecule has 1 aliphatic rings. The first-order valence-electron chi connectivity index (χ1n) is 5.00. The zero-order valence-electron chi connectivity index (χ0n) is 9.65. The van der Waals surface area contributed by atoms with Crippen LogP contribution < -0.4 is 17.1 Å². The molecule has 0 bridgehead atoms. The van der Waals surface area contributed by atoms with Gasteiger partial charge in [0, 0.05) is 0 Å². The molecule has 0 aromatic heterocycles. The van der Waals surface area contributed by atoms with Crippen molar-refractivity contribution < 1.29 is 9.53 Å². The molecule has 0 aliphatic carbocycles. The van der Waals surface area contributed by atoms with E-state index in [4.69, 9.17) is 16.4 Å². The van der Waals surface area contributed by atoms with Crippen LogP contribution in [-0.4, -0.2) is 29.6 Å². The molecule has 1 heterocycles. The van der Waals surface area contributed by atoms with Gasteiger partial charge in [0.15, 0.2) is 0 Å². The third-order valence-corrected chi connectivity index (χ3v) is 2.37. The molecule has 0 aromatic rings. The maximum absolute atomic E-state index is 11.7. The summed E-state index contributed by atoms with van der Waals surface area (Å²) in [6, 6.07) is -0.331. The Hall–Kier alpha value is -1.60. The number of nitrogens with two attached hydrogens (primary N) is 2. The second-order valence-corrected chi connectivity index (χ2v) is 3.38. The Balaban J connectivity index is 3.06. The van der Waals surface area contributed by atoms with Crippen molar-refractivity contribution in [3.8, 4) is 0 Å². The van der Waals surface area contributed by atoms with E-state index in [-0.39, 0.29) is 6.04 Å². The number of esters is 1. The van der Waals surface area contributed by atoms with Crippen LogP contribution in [0.3, 0.4) is 0 Å². The van der Waals surface area contributed by atoms with E-state index >= 15 is 0 Å². The molecule has 1 unspecified atom stereocenters. The number of guanidine groups is 1. The van der Waals surface area contributed by atoms with Crippen LogP contribution in [-0.2, 0) is 9.53 Å². The molecular formula is C9H17N5O2. The monoisotopic (exact) mass is 227 g/mol. The van der Waals surface area contributed by atoms with Crippen LogP contribution >= 0.6 is 0 Å². The van der Waals surface area contributed by atoms with Crippen LogP contribution in [0.5, 0.6) is 0 Å². The van der Waals surface area contributed by atoms with E-state index in [2.05, 4.69) is 10.4 Å². The van der Waals surface area contributed by atoms with Gasteiger partial charge in [-0.05, 0) is 20.8 Å². The number of rotatable bonds is 2. The van der Waals surface area contributed by atoms with Gasteiger partial charge in [0.05, 0.1) is 23.9 Å². The maximum atomic E-state index is 11.7. The lowest BCUT2D eigenvalue weighted by molar-refractivity contribution is -0.139. The Morgan fingerprint density at radius 2 is 2.31 bits per heavy atom. The van der Waals surface area contributed by atoms with Crippen molar-refractivity contribution >= 4 is 11.9 Å². The number of hydrazine groups is 2. The zero-order valence-corrected chi connectivity index (χ0v) is 9.65. The average Bonchev–Trinajstić information content (AvgIpc) is 2.24. The van der Waals surface area contributed by atoms with E-state index in [0.717, 1.165) is 0 Å². The van der Waals surface area contributed by atoms with Gasteiger partial charge in [-0.15, -0.1) is 0 Å². The summed E-state index contributed by atoms with van der Waals surface area (Å²) in [5.74, 6) is 10.9. The van der Waals surface area contributed by atoms with Gasteiger partial charge >= 0.3 is 5.97 Å². The number of nitrogens with zero attached hydrogens (tertiary/aromatic N) is 2. The van der Waals surface area contributed by atoms with Gasteiger partial charge in [0.2, 0.25) is 5.96 Å². The van der Waals surface area contributed by atoms with Crippen LogP contribution in [0.1, 0.15) is 20.8 Å². The topological polar surface area (TPSA) is 106 Å². The van der Waals surface area contributed by atoms with E-state index in [1.807, 2.05) is 0 Å². The Kier molecular flexibility index (Phi) is 3.86. The van der Waals surface area contributed by atoms with Gasteiger partial charge in [-0.25, -0.2) is 21.5 Å². The van der Waals surface area contributed by atoms with Gasteiger partial charge in [-0.3, -0.25) is 10.4 Å². The van der Waals surface area contributed by atoms with Crippen LogP contribution in [0.15, 0.2) is 16.3 Å². The normalized spacial score (nSPS) is 20.7. The smallest absolute Gasteiger partial charge is 0.338 e. The molecule has 0 saturated carbocycles. The van der Waals surface area contributed by atoms with Gasteiger partial charge < -0.3 is 4.74 Å². The molecule has 0 amide bonds. The van der Waals surface area contributed by atoms with E-state index in [9.17, 15) is 4.79 Å². The Morgan fingerprint density at radius 1 is 1.69 bits per heavy atom. The summed E-state index contributed by atoms with van der Waals surface area (Å²) in [5.41, 5.74) is 3.37. The largest absolute Gasteiger partial charge is 0.463 e. The van der Waals surface area contributed by atoms with Crippen molar-refractivity contribution in [2.24, 2.45) is 16.7 Å². The number of carbonyl (C=O) groups is 1. The fraction of sp³-hybridized carbons (Fsp3) is 0.556. The zero-order chi connectivity index (χ0) is 12.3. The minimum absolute atomic E-state index is 0.318. The molecule has 0 radical (unpaired) electrons. The van der Waals surface area contributed by atoms with Crippen molar-refractivity contribution in [1.82, 2.24) is 10.4 Å². The van der Waals surface area contributed by atoms with Gasteiger partial charge in [-0.2, -0.15) is 0 Å². The molecule has 0 saturated heterocycles. The summed E-state index contributed by atoms with van der Waals surface area (Å²) in [6.07, 6.45) is 0. The summed E-state index contributed by atoms with van der Waals surface area (Å²) < 4.78 is 4.94. The fourth-order valence-corrected chi connectivity index (χ4v) is 1.54. The fourth-order valence-electron chi connectivity index (χ4n) is 1.54. The highest BCUT2D eigenvalue weighted by Crippen LogP contribution is 2.20. The molecule has 1 atom stereocenters. The van der Waals surface area contributed by atoms with Crippen molar-refractivity contribution in [2.45, 2.75) is 26.8 Å². The number of aliphatic imine (C=N–C) groups is 1. The average molecular weight is 227 g/mol. The lowest BCUT2D eigenvalue weighted by Crippen LogP contribution is -2.55. The predicted molar refractivity (Wildman–Crippen MR) is 59.6 cm³/mol. The van der Waals surface area contributed by atoms with Gasteiger partial charge in [-0.1, -0.05) is 0 Å². The number of carbonyl (C=O) groups excluding carboxylic acids is 1. The Bertz CT molecular complexity index is 350. The molecule has 90 valence electrons. The second kappa shape index (κ2) is 4.95. The first-order chi connectivity index (χ1) is 7.52. The summed E-state index contributed by atoms with van der Waals surface area (Å²) in [7, 11) is 0. The lowest BCUT2D eigenvalue weighted by atomic mass is 10.1. The SMILES string of the molecule is CCOC(=O)C1=C(C)N=C(NN)N(N)C1C. The molecule has 5 N–H and O–H groups in total. The highest BCUT2D eigenvalue weighted by molar-refractivity contribution is 5.94. The predicted octanol–water partition coefficient (Wildman–Crippen LogP) is -0.779. The van der Waals surface area contributed by atoms with Gasteiger partial charge in [0.1, 0.15) is 0 Å². The summed E-state index contributed by atoms with van der Waals surface area (Å²) >= 11 is 0. The number of hydrogen-bond donors (Lipinski definition) is 3. The van der Waals surface area contributed by atoms with Crippen LogP contribution in [0.25, 0.3) is 0 Å². The molecule has 1 rings (SSSR count). The number of hydrogen-bond acceptors (Lipinski definition) is 7. The van der Waals surface area contributed by atoms with E-state index < -0.39 is 5.97 Å². The standard InChI is InChI=1S/C9H17N5O2/c1-4-16-8(15)7-5(2)12-9(13-10)14(11)6(7)3/h6H,4,10-11H2,1-3H3,(H,12,13). The highest BCUT2D eigenvalue weighted by Gasteiger charge is 2.30. The quantitative estimate of drug-likeness (QED) is 0.324. The molecule has 7 heteroatoms. The number of allylic oxidation sites excluding steroid dienone is 1. The lowest BCUT2D eigenvalue weighted by Gasteiger charge is -2.31. The minimum Gasteiger partial charge on any atom is -0.463 e. The molecular weight excluding hydrogens is 210 g/mol. The van der Waals surface area contributed by atoms with Gasteiger partial charge in [0.25, 0.3) is 0 Å². The van der Waals surface area contributed by atoms with E-state index in [0.29, 0.717) is 23.8 Å². The maximum Gasteiger partial charge on any atom is 0.338 e. The summed E-state index contributed by atoms with van der Waals surface area (Å²) in [5, 5.41) is 1.29. The summed E-state index contributed by atoms with van der Waals surface area (Å²) in [6.45, 7) is 5.56. The van der Waals surface area contributed by atoms with E-state index in [1.54, 1.807) is 20.8 Å². The Morgan fingerprint density at radius 3 is 2.81 bits per heavy atom. The number of nitrogens with one attached hydrogen (secondary N) is 1. The van der Waals surface area contributed by atoms with Crippen LogP contribution in [0.2, 0.25) is 0 Å². The van der Waals surface area contributed by atoms with Crippen molar-refractivity contribution in [3.05, 3.63) is 11.3 Å². The third kappa shape index (κ3) is 2.15. The highest BCUT2D eigenvalue weighted by atomic mass is 16.5.